The Bertz CT molecular complexity index is 367. The van der Waals surface area contributed by atoms with Crippen LogP contribution in [0.25, 0.3) is 0 Å². The van der Waals surface area contributed by atoms with Gasteiger partial charge in [0.1, 0.15) is 0 Å². The first kappa shape index (κ1) is 12.9. The molecule has 0 spiro atoms. The van der Waals surface area contributed by atoms with E-state index in [0.29, 0.717) is 0 Å². The molecule has 1 rings (SSSR count). The van der Waals surface area contributed by atoms with Crippen LogP contribution in [0.5, 0.6) is 0 Å². The first-order valence-electron chi connectivity index (χ1n) is 3.77. The second-order valence-electron chi connectivity index (χ2n) is 2.57. The standard InChI is InChI=1S/C8H11N.H2O4S/c1-7-4-3-5-8(6-7)9-2;1-5(2,3)4/h3-6,9H,1-2H3;(H2,1,2,3,4). The highest BCUT2D eigenvalue weighted by Crippen LogP contribution is 2.07. The molecule has 0 saturated carbocycles. The summed E-state index contributed by atoms with van der Waals surface area (Å²) in [5.74, 6) is 0. The summed E-state index contributed by atoms with van der Waals surface area (Å²) in [6.07, 6.45) is 0. The smallest absolute Gasteiger partial charge is 0.388 e. The third-order valence-electron chi connectivity index (χ3n) is 1.31. The number of hydrogen-bond acceptors (Lipinski definition) is 3. The predicted octanol–water partition coefficient (Wildman–Crippen LogP) is 1.38. The molecule has 0 aromatic heterocycles. The van der Waals surface area contributed by atoms with Crippen LogP contribution in [-0.2, 0) is 10.4 Å². The second-order valence-corrected chi connectivity index (χ2v) is 3.46. The van der Waals surface area contributed by atoms with Gasteiger partial charge in [-0.15, -0.1) is 0 Å². The van der Waals surface area contributed by atoms with Crippen LogP contribution in [0, 0.1) is 6.92 Å². The lowest BCUT2D eigenvalue weighted by Gasteiger charge is -1.98. The van der Waals surface area contributed by atoms with Crippen LogP contribution in [0.2, 0.25) is 0 Å². The molecule has 0 bridgehead atoms. The van der Waals surface area contributed by atoms with E-state index in [9.17, 15) is 0 Å². The summed E-state index contributed by atoms with van der Waals surface area (Å²) in [4.78, 5) is 0. The van der Waals surface area contributed by atoms with Crippen molar-refractivity contribution in [2.75, 3.05) is 12.4 Å². The summed E-state index contributed by atoms with van der Waals surface area (Å²) in [6, 6.07) is 8.29. The number of benzene rings is 1. The third kappa shape index (κ3) is 8.98. The van der Waals surface area contributed by atoms with Crippen molar-refractivity contribution in [2.45, 2.75) is 6.92 Å². The van der Waals surface area contributed by atoms with Gasteiger partial charge in [-0.25, -0.2) is 0 Å². The SMILES string of the molecule is CNc1cccc(C)c1.O=S(=O)(O)O. The Morgan fingerprint density at radius 3 is 2.07 bits per heavy atom. The van der Waals surface area contributed by atoms with Crippen molar-refractivity contribution in [2.24, 2.45) is 0 Å². The van der Waals surface area contributed by atoms with Gasteiger partial charge in [0.25, 0.3) is 0 Å². The van der Waals surface area contributed by atoms with Crippen molar-refractivity contribution in [3.63, 3.8) is 0 Å². The molecule has 0 unspecified atom stereocenters. The predicted molar refractivity (Wildman–Crippen MR) is 54.9 cm³/mol. The number of hydrogen-bond donors (Lipinski definition) is 3. The third-order valence-corrected chi connectivity index (χ3v) is 1.31. The molecule has 0 heterocycles. The Hall–Kier alpha value is -1.11. The van der Waals surface area contributed by atoms with Crippen LogP contribution in [0.15, 0.2) is 24.3 Å². The van der Waals surface area contributed by atoms with Crippen LogP contribution in [0.4, 0.5) is 5.69 Å². The molecule has 5 nitrogen and oxygen atoms in total. The lowest BCUT2D eigenvalue weighted by Crippen LogP contribution is -1.89. The maximum Gasteiger partial charge on any atom is 0.394 e. The maximum atomic E-state index is 8.74. The fraction of sp³-hybridized carbons (Fsp3) is 0.250. The fourth-order valence-electron chi connectivity index (χ4n) is 0.801. The molecule has 0 radical (unpaired) electrons. The van der Waals surface area contributed by atoms with Crippen molar-refractivity contribution < 1.29 is 17.5 Å². The van der Waals surface area contributed by atoms with Crippen molar-refractivity contribution >= 4 is 16.1 Å². The van der Waals surface area contributed by atoms with E-state index < -0.39 is 10.4 Å². The van der Waals surface area contributed by atoms with Crippen LogP contribution in [-0.4, -0.2) is 24.6 Å². The molecule has 0 aliphatic heterocycles. The molecule has 0 aliphatic carbocycles. The second kappa shape index (κ2) is 5.58. The van der Waals surface area contributed by atoms with E-state index in [1.807, 2.05) is 19.2 Å². The van der Waals surface area contributed by atoms with E-state index in [0.717, 1.165) is 0 Å². The van der Waals surface area contributed by atoms with Gasteiger partial charge in [-0.05, 0) is 24.6 Å². The first-order chi connectivity index (χ1) is 6.33. The molecule has 0 aliphatic rings. The molecule has 3 N–H and O–H groups in total. The minimum Gasteiger partial charge on any atom is -0.388 e. The molecule has 6 heteroatoms. The number of anilines is 1. The van der Waals surface area contributed by atoms with Gasteiger partial charge in [-0.2, -0.15) is 8.42 Å². The minimum absolute atomic E-state index is 1.18. The maximum absolute atomic E-state index is 8.74. The number of nitrogens with one attached hydrogen (secondary N) is 1. The van der Waals surface area contributed by atoms with Gasteiger partial charge < -0.3 is 5.32 Å². The van der Waals surface area contributed by atoms with Gasteiger partial charge in [-0.1, -0.05) is 12.1 Å². The summed E-state index contributed by atoms with van der Waals surface area (Å²) < 4.78 is 31.6. The molecular weight excluding hydrogens is 206 g/mol. The summed E-state index contributed by atoms with van der Waals surface area (Å²) in [5.41, 5.74) is 2.47. The Kier molecular flexibility index (Phi) is 5.14. The average Bonchev–Trinajstić information content (AvgIpc) is 2.01. The van der Waals surface area contributed by atoms with Crippen LogP contribution in [0.1, 0.15) is 5.56 Å². The fourth-order valence-corrected chi connectivity index (χ4v) is 0.801. The topological polar surface area (TPSA) is 86.6 Å². The van der Waals surface area contributed by atoms with Crippen molar-refractivity contribution in [3.05, 3.63) is 29.8 Å². The lowest BCUT2D eigenvalue weighted by atomic mass is 10.2. The number of rotatable bonds is 1. The van der Waals surface area contributed by atoms with E-state index in [-0.39, 0.29) is 0 Å². The number of aryl methyl sites for hydroxylation is 1. The first-order valence-corrected chi connectivity index (χ1v) is 5.17. The summed E-state index contributed by atoms with van der Waals surface area (Å²) in [6.45, 7) is 2.08. The van der Waals surface area contributed by atoms with E-state index in [2.05, 4.69) is 24.4 Å². The lowest BCUT2D eigenvalue weighted by molar-refractivity contribution is 0.381. The van der Waals surface area contributed by atoms with E-state index in [1.165, 1.54) is 11.3 Å². The summed E-state index contributed by atoms with van der Waals surface area (Å²) >= 11 is 0. The zero-order chi connectivity index (χ0) is 11.2. The van der Waals surface area contributed by atoms with Crippen LogP contribution >= 0.6 is 0 Å². The molecule has 0 amide bonds. The van der Waals surface area contributed by atoms with Crippen molar-refractivity contribution in [1.82, 2.24) is 0 Å². The highest BCUT2D eigenvalue weighted by molar-refractivity contribution is 7.79. The molecule has 1 aromatic carbocycles. The highest BCUT2D eigenvalue weighted by Gasteiger charge is 1.85. The van der Waals surface area contributed by atoms with Gasteiger partial charge in [0.05, 0.1) is 0 Å². The Morgan fingerprint density at radius 1 is 1.29 bits per heavy atom. The van der Waals surface area contributed by atoms with Gasteiger partial charge in [0.15, 0.2) is 0 Å². The van der Waals surface area contributed by atoms with E-state index >= 15 is 0 Å². The van der Waals surface area contributed by atoms with Gasteiger partial charge >= 0.3 is 10.4 Å². The molecule has 0 fully saturated rings. The highest BCUT2D eigenvalue weighted by atomic mass is 32.3. The van der Waals surface area contributed by atoms with Crippen molar-refractivity contribution in [1.29, 1.82) is 0 Å². The van der Waals surface area contributed by atoms with Crippen molar-refractivity contribution in [3.8, 4) is 0 Å². The zero-order valence-corrected chi connectivity index (χ0v) is 8.75. The van der Waals surface area contributed by atoms with Crippen LogP contribution < -0.4 is 5.32 Å². The van der Waals surface area contributed by atoms with E-state index in [1.54, 1.807) is 0 Å². The summed E-state index contributed by atoms with van der Waals surface area (Å²) in [5, 5.41) is 3.07. The van der Waals surface area contributed by atoms with Gasteiger partial charge in [0.2, 0.25) is 0 Å². The Balaban J connectivity index is 0.000000292. The van der Waals surface area contributed by atoms with E-state index in [4.69, 9.17) is 17.5 Å². The van der Waals surface area contributed by atoms with Gasteiger partial charge in [-0.3, -0.25) is 9.11 Å². The monoisotopic (exact) mass is 219 g/mol. The molecule has 1 aromatic rings. The minimum atomic E-state index is -4.67. The van der Waals surface area contributed by atoms with Crippen LogP contribution in [0.3, 0.4) is 0 Å². The Labute approximate surface area is 83.3 Å². The largest absolute Gasteiger partial charge is 0.394 e. The molecule has 0 saturated heterocycles. The Morgan fingerprint density at radius 2 is 1.79 bits per heavy atom. The molecular formula is C8H13NO4S. The normalized spacial score (nSPS) is 10.0. The van der Waals surface area contributed by atoms with Gasteiger partial charge in [0, 0.05) is 12.7 Å². The zero-order valence-electron chi connectivity index (χ0n) is 7.93. The molecule has 14 heavy (non-hydrogen) atoms. The average molecular weight is 219 g/mol. The molecule has 0 atom stereocenters. The molecule has 80 valence electrons. The summed E-state index contributed by atoms with van der Waals surface area (Å²) in [7, 11) is -2.74. The quantitative estimate of drug-likeness (QED) is 0.621.